The van der Waals surface area contributed by atoms with Gasteiger partial charge in [-0.15, -0.1) is 0 Å². The van der Waals surface area contributed by atoms with E-state index < -0.39 is 0 Å². The highest BCUT2D eigenvalue weighted by Gasteiger charge is 2.25. The van der Waals surface area contributed by atoms with Gasteiger partial charge in [0.25, 0.3) is 5.91 Å². The summed E-state index contributed by atoms with van der Waals surface area (Å²) in [5, 5.41) is 8.27. The molecule has 9 heteroatoms. The summed E-state index contributed by atoms with van der Waals surface area (Å²) in [7, 11) is 1.61. The van der Waals surface area contributed by atoms with Crippen molar-refractivity contribution in [2.75, 3.05) is 7.05 Å². The van der Waals surface area contributed by atoms with Crippen molar-refractivity contribution in [2.45, 2.75) is 26.8 Å². The number of nitrogens with zero attached hydrogens (tertiary/aromatic N) is 5. The Kier molecular flexibility index (Phi) is 5.03. The second-order valence-electron chi connectivity index (χ2n) is 5.76. The molecule has 2 heterocycles. The molecule has 1 amide bonds. The zero-order valence-electron chi connectivity index (χ0n) is 14.5. The van der Waals surface area contributed by atoms with Crippen LogP contribution in [0.2, 0.25) is 5.15 Å². The van der Waals surface area contributed by atoms with Crippen LogP contribution in [0.3, 0.4) is 0 Å². The summed E-state index contributed by atoms with van der Waals surface area (Å²) >= 11 is 6.38. The molecule has 0 aliphatic rings. The van der Waals surface area contributed by atoms with Crippen molar-refractivity contribution < 1.29 is 13.7 Å². The van der Waals surface area contributed by atoms with Gasteiger partial charge in [-0.1, -0.05) is 23.7 Å². The molecule has 0 bridgehead atoms. The van der Waals surface area contributed by atoms with E-state index in [2.05, 4.69) is 15.2 Å². The number of carbonyl (C=O) groups is 1. The minimum Gasteiger partial charge on any atom is -0.337 e. The number of halogens is 2. The zero-order valence-corrected chi connectivity index (χ0v) is 15.3. The van der Waals surface area contributed by atoms with Crippen molar-refractivity contribution in [3.8, 4) is 5.69 Å². The van der Waals surface area contributed by atoms with Crippen molar-refractivity contribution in [3.05, 3.63) is 58.2 Å². The first-order valence-corrected chi connectivity index (χ1v) is 8.36. The van der Waals surface area contributed by atoms with Crippen LogP contribution < -0.4 is 0 Å². The van der Waals surface area contributed by atoms with Gasteiger partial charge in [0.2, 0.25) is 5.89 Å². The van der Waals surface area contributed by atoms with Crippen LogP contribution in [0.5, 0.6) is 0 Å². The highest BCUT2D eigenvalue weighted by atomic mass is 35.5. The van der Waals surface area contributed by atoms with Crippen LogP contribution in [-0.4, -0.2) is 37.8 Å². The molecule has 0 spiro atoms. The fraction of sp³-hybridized carbons (Fsp3) is 0.294. The van der Waals surface area contributed by atoms with Gasteiger partial charge in [-0.25, -0.2) is 9.07 Å². The average Bonchev–Trinajstić information content (AvgIpc) is 3.19. The van der Waals surface area contributed by atoms with Crippen LogP contribution in [0.4, 0.5) is 4.39 Å². The summed E-state index contributed by atoms with van der Waals surface area (Å²) in [6, 6.07) is 5.68. The van der Waals surface area contributed by atoms with Crippen LogP contribution >= 0.6 is 11.6 Å². The molecule has 0 aliphatic carbocycles. The molecule has 0 unspecified atom stereocenters. The van der Waals surface area contributed by atoms with Crippen LogP contribution in [0.1, 0.15) is 34.7 Å². The molecule has 0 saturated carbocycles. The Labute approximate surface area is 154 Å². The average molecular weight is 378 g/mol. The van der Waals surface area contributed by atoms with Crippen molar-refractivity contribution >= 4 is 17.5 Å². The van der Waals surface area contributed by atoms with E-state index in [1.165, 1.54) is 33.8 Å². The van der Waals surface area contributed by atoms with E-state index in [0.29, 0.717) is 29.5 Å². The Bertz CT molecular complexity index is 935. The third-order valence-electron chi connectivity index (χ3n) is 3.83. The van der Waals surface area contributed by atoms with E-state index in [1.807, 2.05) is 6.92 Å². The third-order valence-corrected chi connectivity index (χ3v) is 4.18. The van der Waals surface area contributed by atoms with E-state index >= 15 is 0 Å². The minimum absolute atomic E-state index is 0.156. The van der Waals surface area contributed by atoms with Gasteiger partial charge in [-0.2, -0.15) is 10.1 Å². The van der Waals surface area contributed by atoms with Crippen LogP contribution in [-0.2, 0) is 13.0 Å². The highest BCUT2D eigenvalue weighted by Crippen LogP contribution is 2.25. The van der Waals surface area contributed by atoms with Gasteiger partial charge in [0.1, 0.15) is 11.0 Å². The predicted octanol–water partition coefficient (Wildman–Crippen LogP) is 3.19. The second kappa shape index (κ2) is 7.25. The first kappa shape index (κ1) is 18.1. The van der Waals surface area contributed by atoms with Gasteiger partial charge < -0.3 is 9.42 Å². The zero-order chi connectivity index (χ0) is 18.8. The van der Waals surface area contributed by atoms with Gasteiger partial charge in [0, 0.05) is 13.5 Å². The smallest absolute Gasteiger partial charge is 0.259 e. The van der Waals surface area contributed by atoms with Gasteiger partial charge in [0.05, 0.1) is 23.5 Å². The van der Waals surface area contributed by atoms with E-state index in [1.54, 1.807) is 14.0 Å². The van der Waals surface area contributed by atoms with Crippen LogP contribution in [0.25, 0.3) is 5.69 Å². The van der Waals surface area contributed by atoms with E-state index in [4.69, 9.17) is 16.1 Å². The molecule has 0 saturated heterocycles. The molecule has 3 aromatic rings. The molecule has 2 aromatic heterocycles. The molecule has 0 atom stereocenters. The topological polar surface area (TPSA) is 77.0 Å². The Balaban J connectivity index is 1.86. The summed E-state index contributed by atoms with van der Waals surface area (Å²) in [6.07, 6.45) is 0.649. The molecule has 26 heavy (non-hydrogen) atoms. The maximum Gasteiger partial charge on any atom is 0.259 e. The number of carbonyl (C=O) groups excluding carboxylic acids is 1. The molecule has 0 N–H and O–H groups in total. The normalized spacial score (nSPS) is 11.0. The largest absolute Gasteiger partial charge is 0.337 e. The number of aromatic nitrogens is 4. The van der Waals surface area contributed by atoms with Gasteiger partial charge in [-0.05, 0) is 31.2 Å². The van der Waals surface area contributed by atoms with Gasteiger partial charge >= 0.3 is 0 Å². The van der Waals surface area contributed by atoms with Crippen molar-refractivity contribution in [3.63, 3.8) is 0 Å². The summed E-state index contributed by atoms with van der Waals surface area (Å²) in [5.41, 5.74) is 1.30. The lowest BCUT2D eigenvalue weighted by Crippen LogP contribution is -2.27. The first-order chi connectivity index (χ1) is 12.4. The monoisotopic (exact) mass is 377 g/mol. The Morgan fingerprint density at radius 2 is 2.04 bits per heavy atom. The van der Waals surface area contributed by atoms with Crippen LogP contribution in [0, 0.1) is 12.7 Å². The molecule has 0 aliphatic heterocycles. The van der Waals surface area contributed by atoms with Crippen LogP contribution in [0.15, 0.2) is 28.8 Å². The number of rotatable bonds is 5. The summed E-state index contributed by atoms with van der Waals surface area (Å²) < 4.78 is 19.6. The maximum absolute atomic E-state index is 13.1. The number of hydrogen-bond donors (Lipinski definition) is 0. The van der Waals surface area contributed by atoms with Crippen molar-refractivity contribution in [1.82, 2.24) is 24.8 Å². The number of amides is 1. The number of hydrogen-bond acceptors (Lipinski definition) is 5. The predicted molar refractivity (Wildman–Crippen MR) is 92.7 cm³/mol. The Morgan fingerprint density at radius 1 is 1.35 bits per heavy atom. The second-order valence-corrected chi connectivity index (χ2v) is 6.12. The lowest BCUT2D eigenvalue weighted by atomic mass is 10.2. The fourth-order valence-electron chi connectivity index (χ4n) is 2.46. The Morgan fingerprint density at radius 3 is 2.65 bits per heavy atom. The lowest BCUT2D eigenvalue weighted by Gasteiger charge is -2.14. The van der Waals surface area contributed by atoms with E-state index in [9.17, 15) is 9.18 Å². The molecule has 7 nitrogen and oxygen atoms in total. The summed E-state index contributed by atoms with van der Waals surface area (Å²) in [5.74, 6) is 0.240. The molecular weight excluding hydrogens is 361 g/mol. The van der Waals surface area contributed by atoms with Gasteiger partial charge in [0.15, 0.2) is 5.82 Å². The lowest BCUT2D eigenvalue weighted by molar-refractivity contribution is 0.0769. The number of aryl methyl sites for hydroxylation is 2. The minimum atomic E-state index is -0.365. The Hall–Kier alpha value is -2.74. The molecule has 136 valence electrons. The maximum atomic E-state index is 13.1. The molecule has 3 rings (SSSR count). The van der Waals surface area contributed by atoms with Crippen molar-refractivity contribution in [2.24, 2.45) is 0 Å². The highest BCUT2D eigenvalue weighted by molar-refractivity contribution is 6.33. The molecule has 1 aromatic carbocycles. The SMILES string of the molecule is CCc1noc(CN(C)C(=O)c2c(C)nn(-c3ccc(F)cc3)c2Cl)n1. The number of benzene rings is 1. The standard InChI is InChI=1S/C17H17ClFN5O2/c1-4-13-20-14(26-22-13)9-23(3)17(25)15-10(2)21-24(16(15)18)12-7-5-11(19)6-8-12/h5-8H,4,9H2,1-3H3. The molecular formula is C17H17ClFN5O2. The van der Waals surface area contributed by atoms with E-state index in [0.717, 1.165) is 0 Å². The first-order valence-electron chi connectivity index (χ1n) is 7.98. The third kappa shape index (κ3) is 3.45. The quantitative estimate of drug-likeness (QED) is 0.682. The summed E-state index contributed by atoms with van der Waals surface area (Å²) in [6.45, 7) is 3.76. The molecule has 0 fully saturated rings. The van der Waals surface area contributed by atoms with E-state index in [-0.39, 0.29) is 29.0 Å². The van der Waals surface area contributed by atoms with Crippen molar-refractivity contribution in [1.29, 1.82) is 0 Å². The fourth-order valence-corrected chi connectivity index (χ4v) is 2.81. The molecule has 0 radical (unpaired) electrons. The van der Waals surface area contributed by atoms with Gasteiger partial charge in [-0.3, -0.25) is 4.79 Å². The summed E-state index contributed by atoms with van der Waals surface area (Å²) in [4.78, 5) is 18.4.